The van der Waals surface area contributed by atoms with Crippen LogP contribution in [0.25, 0.3) is 11.3 Å². The lowest BCUT2D eigenvalue weighted by Crippen LogP contribution is -2.34. The Morgan fingerprint density at radius 2 is 1.95 bits per heavy atom. The highest BCUT2D eigenvalue weighted by Gasteiger charge is 2.20. The van der Waals surface area contributed by atoms with Gasteiger partial charge in [0.15, 0.2) is 0 Å². The van der Waals surface area contributed by atoms with E-state index in [4.69, 9.17) is 0 Å². The molecule has 1 aliphatic rings. The van der Waals surface area contributed by atoms with Gasteiger partial charge in [-0.15, -0.1) is 0 Å². The summed E-state index contributed by atoms with van der Waals surface area (Å²) in [5.74, 6) is 0.431. The Bertz CT molecular complexity index is 602. The number of aromatic nitrogens is 3. The van der Waals surface area contributed by atoms with Gasteiger partial charge in [-0.1, -0.05) is 19.3 Å². The van der Waals surface area contributed by atoms with E-state index in [0.29, 0.717) is 13.1 Å². The molecule has 116 valence electrons. The molecule has 0 aromatic carbocycles. The molecule has 1 aliphatic carbocycles. The van der Waals surface area contributed by atoms with E-state index in [1.54, 1.807) is 12.4 Å². The van der Waals surface area contributed by atoms with Crippen LogP contribution in [-0.4, -0.2) is 27.2 Å². The number of hydrogen-bond acceptors (Lipinski definition) is 3. The van der Waals surface area contributed by atoms with E-state index < -0.39 is 0 Å². The topological polar surface area (TPSA) is 59.8 Å². The summed E-state index contributed by atoms with van der Waals surface area (Å²) in [5, 5.41) is 7.57. The third kappa shape index (κ3) is 3.72. The first kappa shape index (κ1) is 14.8. The molecule has 2 aromatic rings. The molecule has 1 N–H and O–H groups in total. The van der Waals surface area contributed by atoms with Crippen molar-refractivity contribution in [3.63, 3.8) is 0 Å². The molecule has 0 radical (unpaired) electrons. The van der Waals surface area contributed by atoms with Crippen LogP contribution in [0.1, 0.15) is 32.1 Å². The number of carbonyl (C=O) groups is 1. The number of nitrogens with one attached hydrogen (secondary N) is 1. The molecule has 2 heterocycles. The van der Waals surface area contributed by atoms with E-state index in [-0.39, 0.29) is 11.8 Å². The van der Waals surface area contributed by atoms with Crippen molar-refractivity contribution in [3.8, 4) is 11.3 Å². The maximum Gasteiger partial charge on any atom is 0.223 e. The van der Waals surface area contributed by atoms with Crippen LogP contribution in [-0.2, 0) is 11.3 Å². The van der Waals surface area contributed by atoms with Crippen molar-refractivity contribution in [2.24, 2.45) is 5.92 Å². The Morgan fingerprint density at radius 1 is 1.18 bits per heavy atom. The van der Waals surface area contributed by atoms with Crippen LogP contribution in [0.3, 0.4) is 0 Å². The predicted octanol–water partition coefficient (Wildman–Crippen LogP) is 2.64. The van der Waals surface area contributed by atoms with Gasteiger partial charge in [0.25, 0.3) is 0 Å². The molecule has 0 spiro atoms. The summed E-state index contributed by atoms with van der Waals surface area (Å²) in [6, 6.07) is 5.87. The summed E-state index contributed by atoms with van der Waals surface area (Å²) in [4.78, 5) is 16.1. The van der Waals surface area contributed by atoms with Gasteiger partial charge in [0.05, 0.1) is 12.2 Å². The zero-order chi connectivity index (χ0) is 15.2. The largest absolute Gasteiger partial charge is 0.354 e. The van der Waals surface area contributed by atoms with Gasteiger partial charge in [-0.3, -0.25) is 14.5 Å². The molecule has 5 heteroatoms. The zero-order valence-electron chi connectivity index (χ0n) is 12.7. The average molecular weight is 298 g/mol. The molecule has 0 saturated heterocycles. The molecule has 0 atom stereocenters. The molecule has 0 aliphatic heterocycles. The molecule has 1 amide bonds. The summed E-state index contributed by atoms with van der Waals surface area (Å²) in [5.41, 5.74) is 1.99. The minimum Gasteiger partial charge on any atom is -0.354 e. The Labute approximate surface area is 130 Å². The Hall–Kier alpha value is -2.17. The van der Waals surface area contributed by atoms with E-state index in [9.17, 15) is 4.79 Å². The number of carbonyl (C=O) groups excluding carboxylic acids is 1. The van der Waals surface area contributed by atoms with E-state index in [2.05, 4.69) is 15.4 Å². The van der Waals surface area contributed by atoms with Crippen molar-refractivity contribution < 1.29 is 4.79 Å². The van der Waals surface area contributed by atoms with Gasteiger partial charge < -0.3 is 5.32 Å². The van der Waals surface area contributed by atoms with Crippen molar-refractivity contribution >= 4 is 5.91 Å². The molecule has 3 rings (SSSR count). The third-order valence-electron chi connectivity index (χ3n) is 4.23. The lowest BCUT2D eigenvalue weighted by atomic mass is 9.89. The summed E-state index contributed by atoms with van der Waals surface area (Å²) in [6.45, 7) is 1.33. The Morgan fingerprint density at radius 3 is 2.73 bits per heavy atom. The van der Waals surface area contributed by atoms with Crippen LogP contribution in [0.5, 0.6) is 0 Å². The number of rotatable bonds is 5. The highest BCUT2D eigenvalue weighted by Crippen LogP contribution is 2.23. The first-order valence-corrected chi connectivity index (χ1v) is 8.04. The van der Waals surface area contributed by atoms with Crippen molar-refractivity contribution in [2.75, 3.05) is 6.54 Å². The van der Waals surface area contributed by atoms with Crippen molar-refractivity contribution in [3.05, 3.63) is 36.8 Å². The number of amides is 1. The molecule has 0 unspecified atom stereocenters. The van der Waals surface area contributed by atoms with Crippen LogP contribution in [0.4, 0.5) is 0 Å². The highest BCUT2D eigenvalue weighted by molar-refractivity contribution is 5.78. The quantitative estimate of drug-likeness (QED) is 0.923. The zero-order valence-corrected chi connectivity index (χ0v) is 12.7. The molecular formula is C17H22N4O. The van der Waals surface area contributed by atoms with Crippen molar-refractivity contribution in [1.29, 1.82) is 0 Å². The van der Waals surface area contributed by atoms with Crippen LogP contribution >= 0.6 is 0 Å². The molecule has 5 nitrogen and oxygen atoms in total. The first-order chi connectivity index (χ1) is 10.8. The van der Waals surface area contributed by atoms with Crippen LogP contribution in [0.2, 0.25) is 0 Å². The second-order valence-corrected chi connectivity index (χ2v) is 5.83. The fourth-order valence-corrected chi connectivity index (χ4v) is 2.97. The van der Waals surface area contributed by atoms with Crippen LogP contribution in [0.15, 0.2) is 36.8 Å². The lowest BCUT2D eigenvalue weighted by molar-refractivity contribution is -0.125. The normalized spacial score (nSPS) is 15.6. The fraction of sp³-hybridized carbons (Fsp3) is 0.471. The summed E-state index contributed by atoms with van der Waals surface area (Å²) < 4.78 is 1.87. The first-order valence-electron chi connectivity index (χ1n) is 8.04. The summed E-state index contributed by atoms with van der Waals surface area (Å²) in [7, 11) is 0. The van der Waals surface area contributed by atoms with Gasteiger partial charge in [-0.05, 0) is 31.0 Å². The standard InChI is InChI=1S/C17H22N4O/c22-17(15-4-2-1-3-5-15)19-11-13-21-12-8-16(20-21)14-6-9-18-10-7-14/h6-10,12,15H,1-5,11,13H2,(H,19,22). The third-order valence-corrected chi connectivity index (χ3v) is 4.23. The van der Waals surface area contributed by atoms with E-state index >= 15 is 0 Å². The second kappa shape index (κ2) is 7.20. The lowest BCUT2D eigenvalue weighted by Gasteiger charge is -2.20. The molecule has 0 bridgehead atoms. The molecule has 1 saturated carbocycles. The van der Waals surface area contributed by atoms with Gasteiger partial charge in [0, 0.05) is 36.6 Å². The highest BCUT2D eigenvalue weighted by atomic mass is 16.1. The van der Waals surface area contributed by atoms with Crippen LogP contribution < -0.4 is 5.32 Å². The van der Waals surface area contributed by atoms with Crippen LogP contribution in [0, 0.1) is 5.92 Å². The maximum absolute atomic E-state index is 12.1. The average Bonchev–Trinajstić information content (AvgIpc) is 3.05. The predicted molar refractivity (Wildman–Crippen MR) is 85.0 cm³/mol. The monoisotopic (exact) mass is 298 g/mol. The van der Waals surface area contributed by atoms with E-state index in [1.807, 2.05) is 29.1 Å². The van der Waals surface area contributed by atoms with E-state index in [1.165, 1.54) is 19.3 Å². The van der Waals surface area contributed by atoms with Crippen molar-refractivity contribution in [2.45, 2.75) is 38.6 Å². The van der Waals surface area contributed by atoms with Gasteiger partial charge in [0.1, 0.15) is 0 Å². The molecule has 1 fully saturated rings. The minimum absolute atomic E-state index is 0.209. The fourth-order valence-electron chi connectivity index (χ4n) is 2.97. The molecule has 22 heavy (non-hydrogen) atoms. The maximum atomic E-state index is 12.1. The van der Waals surface area contributed by atoms with E-state index in [0.717, 1.165) is 24.1 Å². The minimum atomic E-state index is 0.209. The summed E-state index contributed by atoms with van der Waals surface area (Å²) in [6.07, 6.45) is 11.2. The molecule has 2 aromatic heterocycles. The Kier molecular flexibility index (Phi) is 4.83. The number of pyridine rings is 1. The SMILES string of the molecule is O=C(NCCn1ccc(-c2ccncc2)n1)C1CCCCC1. The molecular weight excluding hydrogens is 276 g/mol. The second-order valence-electron chi connectivity index (χ2n) is 5.83. The number of nitrogens with zero attached hydrogens (tertiary/aromatic N) is 3. The summed E-state index contributed by atoms with van der Waals surface area (Å²) >= 11 is 0. The van der Waals surface area contributed by atoms with Gasteiger partial charge in [0.2, 0.25) is 5.91 Å². The van der Waals surface area contributed by atoms with Gasteiger partial charge in [-0.2, -0.15) is 5.10 Å². The Balaban J connectivity index is 1.48. The van der Waals surface area contributed by atoms with Gasteiger partial charge in [-0.25, -0.2) is 0 Å². The van der Waals surface area contributed by atoms with Crippen molar-refractivity contribution in [1.82, 2.24) is 20.1 Å². The van der Waals surface area contributed by atoms with Gasteiger partial charge >= 0.3 is 0 Å². The smallest absolute Gasteiger partial charge is 0.223 e. The number of hydrogen-bond donors (Lipinski definition) is 1.